The van der Waals surface area contributed by atoms with Gasteiger partial charge >= 0.3 is 0 Å². The van der Waals surface area contributed by atoms with Crippen LogP contribution in [0.25, 0.3) is 0 Å². The van der Waals surface area contributed by atoms with Crippen molar-refractivity contribution in [1.29, 1.82) is 0 Å². The molecular formula is C11H13ClFNO. The number of benzene rings is 1. The molecular weight excluding hydrogens is 217 g/mol. The number of nitrogens with two attached hydrogens (primary N) is 1. The zero-order valence-corrected chi connectivity index (χ0v) is 9.27. The summed E-state index contributed by atoms with van der Waals surface area (Å²) >= 11 is 5.82. The smallest absolute Gasteiger partial charge is 0.166 e. The van der Waals surface area contributed by atoms with Crippen molar-refractivity contribution in [2.24, 2.45) is 5.73 Å². The van der Waals surface area contributed by atoms with Gasteiger partial charge in [0.25, 0.3) is 0 Å². The minimum atomic E-state index is -0.461. The summed E-state index contributed by atoms with van der Waals surface area (Å²) in [6.07, 6.45) is 2.76. The standard InChI is InChI=1S/C11H13ClFNO/c1-15-10-8(11(14)3-2-4-11)5-7(12)6-9(10)13/h5-6H,2-4,14H2,1H3. The van der Waals surface area contributed by atoms with Crippen LogP contribution in [0.1, 0.15) is 24.8 Å². The van der Waals surface area contributed by atoms with Crippen LogP contribution < -0.4 is 10.5 Å². The molecule has 0 amide bonds. The minimum absolute atomic E-state index is 0.224. The minimum Gasteiger partial charge on any atom is -0.493 e. The summed E-state index contributed by atoms with van der Waals surface area (Å²) in [5.74, 6) is -0.224. The molecule has 0 heterocycles. The Bertz CT molecular complexity index is 390. The van der Waals surface area contributed by atoms with Crippen LogP contribution in [0.2, 0.25) is 5.02 Å². The van der Waals surface area contributed by atoms with Gasteiger partial charge in [-0.3, -0.25) is 0 Å². The van der Waals surface area contributed by atoms with Crippen molar-refractivity contribution in [2.45, 2.75) is 24.8 Å². The maximum atomic E-state index is 13.5. The Balaban J connectivity index is 2.53. The molecule has 15 heavy (non-hydrogen) atoms. The van der Waals surface area contributed by atoms with Crippen LogP contribution in [0.3, 0.4) is 0 Å². The van der Waals surface area contributed by atoms with Crippen LogP contribution >= 0.6 is 11.6 Å². The molecule has 1 aromatic carbocycles. The molecule has 2 nitrogen and oxygen atoms in total. The van der Waals surface area contributed by atoms with E-state index in [4.69, 9.17) is 22.1 Å². The van der Waals surface area contributed by atoms with Gasteiger partial charge < -0.3 is 10.5 Å². The Morgan fingerprint density at radius 1 is 1.47 bits per heavy atom. The number of methoxy groups -OCH3 is 1. The third-order valence-electron chi connectivity index (χ3n) is 2.99. The van der Waals surface area contributed by atoms with Crippen molar-refractivity contribution in [3.05, 3.63) is 28.5 Å². The predicted molar refractivity (Wildman–Crippen MR) is 57.7 cm³/mol. The van der Waals surface area contributed by atoms with E-state index in [9.17, 15) is 4.39 Å². The number of hydrogen-bond donors (Lipinski definition) is 1. The third kappa shape index (κ3) is 1.70. The van der Waals surface area contributed by atoms with E-state index in [2.05, 4.69) is 0 Å². The SMILES string of the molecule is COc1c(F)cc(Cl)cc1C1(N)CCC1. The average Bonchev–Trinajstić information content (AvgIpc) is 2.13. The van der Waals surface area contributed by atoms with Crippen molar-refractivity contribution < 1.29 is 9.13 Å². The van der Waals surface area contributed by atoms with Crippen LogP contribution in [0.4, 0.5) is 4.39 Å². The number of rotatable bonds is 2. The van der Waals surface area contributed by atoms with Crippen molar-refractivity contribution in [2.75, 3.05) is 7.11 Å². The Morgan fingerprint density at radius 3 is 2.60 bits per heavy atom. The fraction of sp³-hybridized carbons (Fsp3) is 0.455. The van der Waals surface area contributed by atoms with Crippen LogP contribution in [-0.2, 0) is 5.54 Å². The molecule has 1 aromatic rings. The maximum Gasteiger partial charge on any atom is 0.166 e. The summed E-state index contributed by atoms with van der Waals surface area (Å²) < 4.78 is 18.6. The number of halogens is 2. The first kappa shape index (κ1) is 10.7. The highest BCUT2D eigenvalue weighted by molar-refractivity contribution is 6.30. The van der Waals surface area contributed by atoms with Gasteiger partial charge in [-0.25, -0.2) is 4.39 Å². The fourth-order valence-electron chi connectivity index (χ4n) is 1.96. The Kier molecular flexibility index (Phi) is 2.61. The van der Waals surface area contributed by atoms with Gasteiger partial charge in [0, 0.05) is 16.1 Å². The molecule has 0 spiro atoms. The van der Waals surface area contributed by atoms with Gasteiger partial charge in [0.1, 0.15) is 0 Å². The molecule has 0 aromatic heterocycles. The third-order valence-corrected chi connectivity index (χ3v) is 3.21. The molecule has 4 heteroatoms. The molecule has 1 aliphatic rings. The van der Waals surface area contributed by atoms with Crippen LogP contribution in [0.5, 0.6) is 5.75 Å². The van der Waals surface area contributed by atoms with Crippen LogP contribution in [0.15, 0.2) is 12.1 Å². The van der Waals surface area contributed by atoms with Gasteiger partial charge in [0.15, 0.2) is 11.6 Å². The summed E-state index contributed by atoms with van der Waals surface area (Å²) in [6.45, 7) is 0. The van der Waals surface area contributed by atoms with Gasteiger partial charge in [-0.1, -0.05) is 11.6 Å². The lowest BCUT2D eigenvalue weighted by atomic mass is 9.72. The van der Waals surface area contributed by atoms with E-state index in [-0.39, 0.29) is 5.75 Å². The van der Waals surface area contributed by atoms with Gasteiger partial charge in [0.2, 0.25) is 0 Å². The Labute approximate surface area is 93.2 Å². The maximum absolute atomic E-state index is 13.5. The molecule has 2 rings (SSSR count). The molecule has 0 radical (unpaired) electrons. The summed E-state index contributed by atoms with van der Waals surface area (Å²) in [7, 11) is 1.44. The molecule has 0 aliphatic heterocycles. The van der Waals surface area contributed by atoms with Gasteiger partial charge in [-0.2, -0.15) is 0 Å². The monoisotopic (exact) mass is 229 g/mol. The van der Waals surface area contributed by atoms with Crippen LogP contribution in [0, 0.1) is 5.82 Å². The average molecular weight is 230 g/mol. The zero-order chi connectivity index (χ0) is 11.1. The molecule has 0 saturated heterocycles. The van der Waals surface area contributed by atoms with E-state index in [1.54, 1.807) is 6.07 Å². The lowest BCUT2D eigenvalue weighted by Gasteiger charge is -2.39. The Morgan fingerprint density at radius 2 is 2.13 bits per heavy atom. The second-order valence-electron chi connectivity index (χ2n) is 3.98. The first-order valence-electron chi connectivity index (χ1n) is 4.89. The summed E-state index contributed by atoms with van der Waals surface area (Å²) in [5, 5.41) is 0.361. The van der Waals surface area contributed by atoms with Crippen molar-refractivity contribution >= 4 is 11.6 Å². The van der Waals surface area contributed by atoms with Crippen LogP contribution in [-0.4, -0.2) is 7.11 Å². The van der Waals surface area contributed by atoms with E-state index in [0.29, 0.717) is 10.6 Å². The quantitative estimate of drug-likeness (QED) is 0.847. The van der Waals surface area contributed by atoms with Crippen molar-refractivity contribution in [3.8, 4) is 5.75 Å². The highest BCUT2D eigenvalue weighted by atomic mass is 35.5. The van der Waals surface area contributed by atoms with E-state index in [1.165, 1.54) is 13.2 Å². The second-order valence-corrected chi connectivity index (χ2v) is 4.41. The first-order valence-corrected chi connectivity index (χ1v) is 5.27. The molecule has 1 saturated carbocycles. The second kappa shape index (κ2) is 3.65. The highest BCUT2D eigenvalue weighted by Crippen LogP contribution is 2.44. The molecule has 82 valence electrons. The largest absolute Gasteiger partial charge is 0.493 e. The normalized spacial score (nSPS) is 18.4. The number of ether oxygens (including phenoxy) is 1. The topological polar surface area (TPSA) is 35.2 Å². The fourth-order valence-corrected chi connectivity index (χ4v) is 2.17. The van der Waals surface area contributed by atoms with Crippen molar-refractivity contribution in [1.82, 2.24) is 0 Å². The highest BCUT2D eigenvalue weighted by Gasteiger charge is 2.37. The first-order chi connectivity index (χ1) is 7.07. The molecule has 2 N–H and O–H groups in total. The lowest BCUT2D eigenvalue weighted by molar-refractivity contribution is 0.241. The van der Waals surface area contributed by atoms with Gasteiger partial charge in [0.05, 0.1) is 7.11 Å². The summed E-state index contributed by atoms with van der Waals surface area (Å²) in [4.78, 5) is 0. The van der Waals surface area contributed by atoms with E-state index < -0.39 is 11.4 Å². The predicted octanol–water partition coefficient (Wildman–Crippen LogP) is 2.83. The van der Waals surface area contributed by atoms with E-state index >= 15 is 0 Å². The molecule has 1 aliphatic carbocycles. The molecule has 0 bridgehead atoms. The number of hydrogen-bond acceptors (Lipinski definition) is 2. The molecule has 0 unspecified atom stereocenters. The van der Waals surface area contributed by atoms with E-state index in [0.717, 1.165) is 19.3 Å². The Hall–Kier alpha value is -0.800. The lowest BCUT2D eigenvalue weighted by Crippen LogP contribution is -2.43. The summed E-state index contributed by atoms with van der Waals surface area (Å²) in [5.41, 5.74) is 6.35. The van der Waals surface area contributed by atoms with Crippen molar-refractivity contribution in [3.63, 3.8) is 0 Å². The zero-order valence-electron chi connectivity index (χ0n) is 8.52. The van der Waals surface area contributed by atoms with Gasteiger partial charge in [-0.15, -0.1) is 0 Å². The summed E-state index contributed by atoms with van der Waals surface area (Å²) in [6, 6.07) is 2.94. The molecule has 1 fully saturated rings. The molecule has 0 atom stereocenters. The van der Waals surface area contributed by atoms with Gasteiger partial charge in [-0.05, 0) is 31.4 Å². The van der Waals surface area contributed by atoms with E-state index in [1.807, 2.05) is 0 Å².